The number of aliphatic hydroxyl groups excluding tert-OH is 1. The Hall–Kier alpha value is -1.11. The lowest BCUT2D eigenvalue weighted by molar-refractivity contribution is -0.0888. The summed E-state index contributed by atoms with van der Waals surface area (Å²) in [6.07, 6.45) is -0.733. The number of aliphatic hydroxyl groups is 2. The van der Waals surface area contributed by atoms with Crippen LogP contribution in [0.25, 0.3) is 0 Å². The lowest BCUT2D eigenvalue weighted by Gasteiger charge is -2.43. The summed E-state index contributed by atoms with van der Waals surface area (Å²) in [6, 6.07) is 7.24. The van der Waals surface area contributed by atoms with Crippen molar-refractivity contribution in [3.63, 3.8) is 0 Å². The third kappa shape index (κ3) is 2.75. The fourth-order valence-corrected chi connectivity index (χ4v) is 2.78. The molecule has 2 rings (SSSR count). The Bertz CT molecular complexity index is 464. The molecule has 0 aromatic heterocycles. The van der Waals surface area contributed by atoms with Crippen LogP contribution in [0.4, 0.5) is 4.79 Å². The number of rotatable bonds is 2. The van der Waals surface area contributed by atoms with Gasteiger partial charge >= 0.3 is 6.09 Å². The molecule has 2 unspecified atom stereocenters. The van der Waals surface area contributed by atoms with Crippen LogP contribution < -0.4 is 0 Å². The second kappa shape index (κ2) is 5.48. The molecule has 1 aliphatic heterocycles. The molecular weight excluding hydrogens is 314 g/mol. The van der Waals surface area contributed by atoms with Crippen molar-refractivity contribution >= 4 is 22.0 Å². The van der Waals surface area contributed by atoms with Gasteiger partial charge in [-0.2, -0.15) is 0 Å². The number of piperidine rings is 1. The van der Waals surface area contributed by atoms with Crippen molar-refractivity contribution in [2.75, 3.05) is 19.7 Å². The third-order valence-corrected chi connectivity index (χ3v) is 4.24. The van der Waals surface area contributed by atoms with Crippen LogP contribution in [0.1, 0.15) is 12.0 Å². The summed E-state index contributed by atoms with van der Waals surface area (Å²) in [7, 11) is 0. The number of carbonyl (C=O) groups is 1. The SMILES string of the molecule is O=C(O)N1CCC(O)(c2ccc(Br)cc2)C(CO)C1. The predicted molar refractivity (Wildman–Crippen MR) is 72.8 cm³/mol. The van der Waals surface area contributed by atoms with E-state index >= 15 is 0 Å². The minimum absolute atomic E-state index is 0.137. The monoisotopic (exact) mass is 329 g/mol. The molecule has 0 saturated carbocycles. The van der Waals surface area contributed by atoms with Crippen molar-refractivity contribution in [2.24, 2.45) is 5.92 Å². The predicted octanol–water partition coefficient (Wildman–Crippen LogP) is 1.63. The van der Waals surface area contributed by atoms with Crippen molar-refractivity contribution in [3.05, 3.63) is 34.3 Å². The van der Waals surface area contributed by atoms with Gasteiger partial charge in [-0.1, -0.05) is 28.1 Å². The van der Waals surface area contributed by atoms with Gasteiger partial charge in [-0.05, 0) is 24.1 Å². The molecule has 2 atom stereocenters. The van der Waals surface area contributed by atoms with Gasteiger partial charge in [-0.3, -0.25) is 0 Å². The highest BCUT2D eigenvalue weighted by atomic mass is 79.9. The number of amides is 1. The molecule has 1 heterocycles. The zero-order chi connectivity index (χ0) is 14.0. The van der Waals surface area contributed by atoms with Crippen molar-refractivity contribution in [1.82, 2.24) is 4.90 Å². The van der Waals surface area contributed by atoms with E-state index < -0.39 is 17.6 Å². The van der Waals surface area contributed by atoms with Gasteiger partial charge < -0.3 is 20.2 Å². The Morgan fingerprint density at radius 3 is 2.58 bits per heavy atom. The van der Waals surface area contributed by atoms with E-state index in [0.29, 0.717) is 5.56 Å². The molecule has 1 aromatic carbocycles. The van der Waals surface area contributed by atoms with Crippen LogP contribution in [-0.4, -0.2) is 46.0 Å². The number of hydrogen-bond acceptors (Lipinski definition) is 3. The van der Waals surface area contributed by atoms with Gasteiger partial charge in [0.25, 0.3) is 0 Å². The second-order valence-corrected chi connectivity index (χ2v) is 5.70. The Morgan fingerprint density at radius 2 is 2.05 bits per heavy atom. The number of nitrogens with zero attached hydrogens (tertiary/aromatic N) is 1. The number of benzene rings is 1. The topological polar surface area (TPSA) is 81.0 Å². The lowest BCUT2D eigenvalue weighted by Crippen LogP contribution is -2.52. The van der Waals surface area contributed by atoms with E-state index in [1.807, 2.05) is 12.1 Å². The molecule has 0 radical (unpaired) electrons. The Balaban J connectivity index is 2.27. The number of carboxylic acid groups (broad SMARTS) is 1. The van der Waals surface area contributed by atoms with Crippen molar-refractivity contribution in [2.45, 2.75) is 12.0 Å². The van der Waals surface area contributed by atoms with Gasteiger partial charge in [0.1, 0.15) is 0 Å². The van der Waals surface area contributed by atoms with E-state index in [9.17, 15) is 15.0 Å². The molecule has 3 N–H and O–H groups in total. The Kier molecular flexibility index (Phi) is 4.13. The molecule has 1 aliphatic rings. The molecule has 1 fully saturated rings. The average molecular weight is 330 g/mol. The van der Waals surface area contributed by atoms with Crippen LogP contribution >= 0.6 is 15.9 Å². The molecule has 0 aliphatic carbocycles. The Morgan fingerprint density at radius 1 is 1.42 bits per heavy atom. The normalized spacial score (nSPS) is 27.3. The van der Waals surface area contributed by atoms with E-state index in [2.05, 4.69) is 15.9 Å². The quantitative estimate of drug-likeness (QED) is 0.770. The highest BCUT2D eigenvalue weighted by Crippen LogP contribution is 2.37. The van der Waals surface area contributed by atoms with Crippen molar-refractivity contribution < 1.29 is 20.1 Å². The number of halogens is 1. The van der Waals surface area contributed by atoms with Gasteiger partial charge in [0.15, 0.2) is 0 Å². The molecule has 0 bridgehead atoms. The molecule has 1 aromatic rings. The molecule has 1 saturated heterocycles. The van der Waals surface area contributed by atoms with E-state index in [4.69, 9.17) is 5.11 Å². The minimum atomic E-state index is -1.18. The Labute approximate surface area is 119 Å². The average Bonchev–Trinajstić information content (AvgIpc) is 2.39. The first-order valence-electron chi connectivity index (χ1n) is 6.04. The summed E-state index contributed by atoms with van der Waals surface area (Å²) < 4.78 is 0.906. The van der Waals surface area contributed by atoms with E-state index in [0.717, 1.165) is 4.47 Å². The van der Waals surface area contributed by atoms with Crippen LogP contribution in [0.15, 0.2) is 28.7 Å². The van der Waals surface area contributed by atoms with Gasteiger partial charge in [0.05, 0.1) is 12.2 Å². The van der Waals surface area contributed by atoms with Crippen LogP contribution in [0.3, 0.4) is 0 Å². The maximum Gasteiger partial charge on any atom is 0.407 e. The van der Waals surface area contributed by atoms with Crippen molar-refractivity contribution in [1.29, 1.82) is 0 Å². The first kappa shape index (κ1) is 14.3. The van der Waals surface area contributed by atoms with Crippen molar-refractivity contribution in [3.8, 4) is 0 Å². The molecule has 5 nitrogen and oxygen atoms in total. The summed E-state index contributed by atoms with van der Waals surface area (Å²) in [5, 5.41) is 29.2. The fourth-order valence-electron chi connectivity index (χ4n) is 2.52. The first-order chi connectivity index (χ1) is 8.97. The number of likely N-dealkylation sites (tertiary alicyclic amines) is 1. The molecule has 19 heavy (non-hydrogen) atoms. The van der Waals surface area contributed by atoms with Gasteiger partial charge in [-0.15, -0.1) is 0 Å². The smallest absolute Gasteiger partial charge is 0.407 e. The lowest BCUT2D eigenvalue weighted by atomic mass is 9.76. The maximum atomic E-state index is 11.0. The third-order valence-electron chi connectivity index (χ3n) is 3.71. The van der Waals surface area contributed by atoms with Crippen LogP contribution in [0.5, 0.6) is 0 Å². The molecule has 0 spiro atoms. The van der Waals surface area contributed by atoms with Crippen LogP contribution in [0, 0.1) is 5.92 Å². The molecule has 6 heteroatoms. The summed E-state index contributed by atoms with van der Waals surface area (Å²) in [5.41, 5.74) is -0.471. The minimum Gasteiger partial charge on any atom is -0.465 e. The van der Waals surface area contributed by atoms with E-state index in [1.165, 1.54) is 4.90 Å². The first-order valence-corrected chi connectivity index (χ1v) is 6.84. The zero-order valence-corrected chi connectivity index (χ0v) is 11.9. The van der Waals surface area contributed by atoms with E-state index in [-0.39, 0.29) is 26.1 Å². The van der Waals surface area contributed by atoms with E-state index in [1.54, 1.807) is 12.1 Å². The number of hydrogen-bond donors (Lipinski definition) is 3. The van der Waals surface area contributed by atoms with Gasteiger partial charge in [0.2, 0.25) is 0 Å². The molecule has 1 amide bonds. The molecular formula is C13H16BrNO4. The van der Waals surface area contributed by atoms with Crippen LogP contribution in [-0.2, 0) is 5.60 Å². The summed E-state index contributed by atoms with van der Waals surface area (Å²) in [5.74, 6) is -0.515. The summed E-state index contributed by atoms with van der Waals surface area (Å²) in [6.45, 7) is 0.146. The fraction of sp³-hybridized carbons (Fsp3) is 0.462. The van der Waals surface area contributed by atoms with Gasteiger partial charge in [-0.25, -0.2) is 4.79 Å². The molecule has 104 valence electrons. The maximum absolute atomic E-state index is 11.0. The highest BCUT2D eigenvalue weighted by molar-refractivity contribution is 9.10. The standard InChI is InChI=1S/C13H16BrNO4/c14-11-3-1-9(2-4-11)13(19)5-6-15(12(17)18)7-10(13)8-16/h1-4,10,16,19H,5-8H2,(H,17,18). The summed E-state index contributed by atoms with van der Waals surface area (Å²) >= 11 is 3.33. The van der Waals surface area contributed by atoms with Crippen LogP contribution in [0.2, 0.25) is 0 Å². The largest absolute Gasteiger partial charge is 0.465 e. The zero-order valence-electron chi connectivity index (χ0n) is 10.3. The van der Waals surface area contributed by atoms with Gasteiger partial charge in [0, 0.05) is 23.5 Å². The second-order valence-electron chi connectivity index (χ2n) is 4.79. The highest BCUT2D eigenvalue weighted by Gasteiger charge is 2.43. The summed E-state index contributed by atoms with van der Waals surface area (Å²) in [4.78, 5) is 12.2.